The number of amides is 1. The van der Waals surface area contributed by atoms with E-state index in [1.54, 1.807) is 0 Å². The van der Waals surface area contributed by atoms with Crippen LogP contribution in [0.3, 0.4) is 0 Å². The van der Waals surface area contributed by atoms with Crippen LogP contribution in [0, 0.1) is 6.92 Å². The zero-order valence-electron chi connectivity index (χ0n) is 11.2. The lowest BCUT2D eigenvalue weighted by molar-refractivity contribution is -0.125. The monoisotopic (exact) mass is 310 g/mol. The van der Waals surface area contributed by atoms with Crippen LogP contribution in [-0.4, -0.2) is 24.0 Å². The Morgan fingerprint density at radius 2 is 2.11 bits per heavy atom. The van der Waals surface area contributed by atoms with E-state index < -0.39 is 5.54 Å². The Balaban J connectivity index is 2.40. The van der Waals surface area contributed by atoms with Crippen LogP contribution in [0.4, 0.5) is 5.69 Å². The summed E-state index contributed by atoms with van der Waals surface area (Å²) in [7, 11) is 0. The van der Waals surface area contributed by atoms with Gasteiger partial charge in [0.1, 0.15) is 0 Å². The normalized spacial score (nSPS) is 23.3. The van der Waals surface area contributed by atoms with E-state index in [1.807, 2.05) is 43.9 Å². The molecule has 1 aromatic rings. The van der Waals surface area contributed by atoms with Gasteiger partial charge in [-0.2, -0.15) is 0 Å². The van der Waals surface area contributed by atoms with Crippen molar-refractivity contribution in [3.63, 3.8) is 0 Å². The van der Waals surface area contributed by atoms with Crippen molar-refractivity contribution in [3.05, 3.63) is 28.2 Å². The van der Waals surface area contributed by atoms with E-state index in [4.69, 9.17) is 0 Å². The highest BCUT2D eigenvalue weighted by Gasteiger charge is 2.39. The Hall–Kier alpha value is -0.870. The minimum atomic E-state index is -0.512. The van der Waals surface area contributed by atoms with Gasteiger partial charge in [-0.3, -0.25) is 10.1 Å². The largest absolute Gasteiger partial charge is 0.308 e. The fourth-order valence-electron chi connectivity index (χ4n) is 2.46. The fraction of sp³-hybridized carbons (Fsp3) is 0.500. The summed E-state index contributed by atoms with van der Waals surface area (Å²) in [5.74, 6) is 0.116. The van der Waals surface area contributed by atoms with Gasteiger partial charge in [-0.15, -0.1) is 0 Å². The molecule has 2 rings (SSSR count). The number of nitrogens with one attached hydrogen (secondary N) is 1. The van der Waals surface area contributed by atoms with Gasteiger partial charge in [-0.25, -0.2) is 0 Å². The summed E-state index contributed by atoms with van der Waals surface area (Å²) in [6.07, 6.45) is 0. The predicted molar refractivity (Wildman–Crippen MR) is 77.9 cm³/mol. The molecule has 0 bridgehead atoms. The van der Waals surface area contributed by atoms with Gasteiger partial charge in [0.2, 0.25) is 5.91 Å². The smallest absolute Gasteiger partial charge is 0.246 e. The van der Waals surface area contributed by atoms with Crippen LogP contribution in [-0.2, 0) is 4.79 Å². The summed E-state index contributed by atoms with van der Waals surface area (Å²) < 4.78 is 0.973. The van der Waals surface area contributed by atoms with Crippen LogP contribution in [0.25, 0.3) is 0 Å². The Labute approximate surface area is 117 Å². The fourth-order valence-corrected chi connectivity index (χ4v) is 3.16. The van der Waals surface area contributed by atoms with Gasteiger partial charge in [0, 0.05) is 17.1 Å². The number of halogens is 1. The molecule has 18 heavy (non-hydrogen) atoms. The predicted octanol–water partition coefficient (Wildman–Crippen LogP) is 2.86. The van der Waals surface area contributed by atoms with Crippen LogP contribution >= 0.6 is 15.9 Å². The molecule has 0 aromatic heterocycles. The lowest BCUT2D eigenvalue weighted by Crippen LogP contribution is -2.65. The van der Waals surface area contributed by atoms with Crippen molar-refractivity contribution in [3.8, 4) is 0 Å². The number of carbonyl (C=O) groups is 1. The van der Waals surface area contributed by atoms with Gasteiger partial charge in [-0.05, 0) is 61.3 Å². The molecular weight excluding hydrogens is 292 g/mol. The number of hydrogen-bond donors (Lipinski definition) is 1. The first-order valence-electron chi connectivity index (χ1n) is 6.17. The Bertz CT molecular complexity index is 485. The number of anilines is 1. The number of rotatable bonds is 1. The van der Waals surface area contributed by atoms with Gasteiger partial charge in [0.15, 0.2) is 0 Å². The van der Waals surface area contributed by atoms with Gasteiger partial charge < -0.3 is 4.90 Å². The highest BCUT2D eigenvalue weighted by molar-refractivity contribution is 9.10. The molecule has 1 amide bonds. The summed E-state index contributed by atoms with van der Waals surface area (Å²) in [4.78, 5) is 14.3. The molecule has 0 saturated carbocycles. The van der Waals surface area contributed by atoms with Crippen LogP contribution < -0.4 is 10.2 Å². The summed E-state index contributed by atoms with van der Waals surface area (Å²) in [5, 5.41) is 3.33. The van der Waals surface area contributed by atoms with Crippen molar-refractivity contribution in [2.24, 2.45) is 0 Å². The second-order valence-electron chi connectivity index (χ2n) is 5.54. The highest BCUT2D eigenvalue weighted by Crippen LogP contribution is 2.30. The molecule has 1 heterocycles. The van der Waals surface area contributed by atoms with Gasteiger partial charge >= 0.3 is 0 Å². The summed E-state index contributed by atoms with van der Waals surface area (Å²) in [6.45, 7) is 8.70. The van der Waals surface area contributed by atoms with Crippen LogP contribution in [0.15, 0.2) is 22.7 Å². The van der Waals surface area contributed by atoms with Gasteiger partial charge in [-0.1, -0.05) is 6.07 Å². The van der Waals surface area contributed by atoms with Crippen LogP contribution in [0.1, 0.15) is 26.3 Å². The first-order chi connectivity index (χ1) is 8.31. The van der Waals surface area contributed by atoms with E-state index in [0.717, 1.165) is 10.2 Å². The van der Waals surface area contributed by atoms with E-state index in [9.17, 15) is 4.79 Å². The van der Waals surface area contributed by atoms with Crippen molar-refractivity contribution >= 4 is 27.5 Å². The molecule has 1 saturated heterocycles. The third kappa shape index (κ3) is 2.45. The molecule has 4 heteroatoms. The first-order valence-corrected chi connectivity index (χ1v) is 6.96. The number of benzene rings is 1. The molecule has 0 spiro atoms. The molecule has 0 radical (unpaired) electrons. The summed E-state index contributed by atoms with van der Waals surface area (Å²) in [6, 6.07) is 6.37. The molecule has 1 aromatic carbocycles. The maximum absolute atomic E-state index is 12.5. The molecule has 1 N–H and O–H groups in total. The lowest BCUT2D eigenvalue weighted by atomic mass is 9.97. The molecule has 0 aliphatic carbocycles. The molecular formula is C14H19BrN2O. The highest BCUT2D eigenvalue weighted by atomic mass is 79.9. The number of piperazine rings is 1. The quantitative estimate of drug-likeness (QED) is 0.865. The van der Waals surface area contributed by atoms with E-state index >= 15 is 0 Å². The van der Waals surface area contributed by atoms with Crippen LogP contribution in [0.5, 0.6) is 0 Å². The molecule has 1 aliphatic heterocycles. The Morgan fingerprint density at radius 3 is 2.72 bits per heavy atom. The van der Waals surface area contributed by atoms with Crippen molar-refractivity contribution in [2.45, 2.75) is 39.3 Å². The first kappa shape index (κ1) is 13.6. The number of aryl methyl sites for hydroxylation is 1. The average Bonchev–Trinajstić information content (AvgIpc) is 2.23. The molecule has 3 nitrogen and oxygen atoms in total. The number of nitrogens with zero attached hydrogens (tertiary/aromatic N) is 1. The summed E-state index contributed by atoms with van der Waals surface area (Å²) in [5.41, 5.74) is 1.62. The van der Waals surface area contributed by atoms with E-state index in [2.05, 4.69) is 28.2 Å². The standard InChI is InChI=1S/C14H19BrN2O/c1-9-5-6-12(11(15)7-9)17-8-10(2)16-14(3,4)13(17)18/h5-7,10,16H,8H2,1-4H3. The second-order valence-corrected chi connectivity index (χ2v) is 6.40. The van der Waals surface area contributed by atoms with E-state index in [-0.39, 0.29) is 11.9 Å². The third-order valence-electron chi connectivity index (χ3n) is 3.24. The van der Waals surface area contributed by atoms with Crippen molar-refractivity contribution in [1.29, 1.82) is 0 Å². The molecule has 1 unspecified atom stereocenters. The lowest BCUT2D eigenvalue weighted by Gasteiger charge is -2.42. The second kappa shape index (κ2) is 4.67. The minimum absolute atomic E-state index is 0.116. The molecule has 1 fully saturated rings. The van der Waals surface area contributed by atoms with Crippen LogP contribution in [0.2, 0.25) is 0 Å². The molecule has 98 valence electrons. The zero-order chi connectivity index (χ0) is 13.5. The number of carbonyl (C=O) groups excluding carboxylic acids is 1. The number of hydrogen-bond acceptors (Lipinski definition) is 2. The maximum Gasteiger partial charge on any atom is 0.246 e. The summed E-state index contributed by atoms with van der Waals surface area (Å²) >= 11 is 3.55. The van der Waals surface area contributed by atoms with Gasteiger partial charge in [0.25, 0.3) is 0 Å². The van der Waals surface area contributed by atoms with Crippen molar-refractivity contribution in [1.82, 2.24) is 5.32 Å². The van der Waals surface area contributed by atoms with Crippen molar-refractivity contribution in [2.75, 3.05) is 11.4 Å². The minimum Gasteiger partial charge on any atom is -0.308 e. The molecule has 1 aliphatic rings. The van der Waals surface area contributed by atoms with E-state index in [1.165, 1.54) is 5.56 Å². The van der Waals surface area contributed by atoms with Crippen molar-refractivity contribution < 1.29 is 4.79 Å². The molecule has 1 atom stereocenters. The van der Waals surface area contributed by atoms with Gasteiger partial charge in [0.05, 0.1) is 11.2 Å². The zero-order valence-corrected chi connectivity index (χ0v) is 12.8. The maximum atomic E-state index is 12.5. The SMILES string of the molecule is Cc1ccc(N2CC(C)NC(C)(C)C2=O)c(Br)c1. The third-order valence-corrected chi connectivity index (χ3v) is 3.87. The van der Waals surface area contributed by atoms with E-state index in [0.29, 0.717) is 6.54 Å². The average molecular weight is 311 g/mol. The topological polar surface area (TPSA) is 32.3 Å². The Kier molecular flexibility index (Phi) is 3.52. The Morgan fingerprint density at radius 1 is 1.44 bits per heavy atom.